The molecule has 0 atom stereocenters. The monoisotopic (exact) mass is 281 g/mol. The lowest BCUT2D eigenvalue weighted by Gasteiger charge is -2.22. The Morgan fingerprint density at radius 1 is 1.50 bits per heavy atom. The summed E-state index contributed by atoms with van der Waals surface area (Å²) in [4.78, 5) is 12.3. The molecule has 0 radical (unpaired) electrons. The fourth-order valence-corrected chi connectivity index (χ4v) is 1.77. The second-order valence-electron chi connectivity index (χ2n) is 4.69. The summed E-state index contributed by atoms with van der Waals surface area (Å²) in [5.74, 6) is -1.45. The zero-order valence-corrected chi connectivity index (χ0v) is 12.0. The highest BCUT2D eigenvalue weighted by Gasteiger charge is 2.11. The molecule has 4 nitrogen and oxygen atoms in total. The molecule has 1 N–H and O–H groups in total. The topological polar surface area (TPSA) is 49.8 Å². The Morgan fingerprint density at radius 2 is 2.20 bits per heavy atom. The molecule has 0 saturated heterocycles. The van der Waals surface area contributed by atoms with Crippen LogP contribution in [-0.4, -0.2) is 37.4 Å². The molecule has 0 aromatic heterocycles. The summed E-state index contributed by atoms with van der Waals surface area (Å²) in [5.41, 5.74) is 0.900. The van der Waals surface area contributed by atoms with Crippen LogP contribution in [0.4, 0.5) is 10.1 Å². The first-order valence-corrected chi connectivity index (χ1v) is 6.44. The van der Waals surface area contributed by atoms with E-state index in [1.165, 1.54) is 12.1 Å². The van der Waals surface area contributed by atoms with Crippen LogP contribution in [0.5, 0.6) is 0 Å². The fourth-order valence-electron chi connectivity index (χ4n) is 1.77. The van der Waals surface area contributed by atoms with Gasteiger partial charge in [0.15, 0.2) is 0 Å². The summed E-state index contributed by atoms with van der Waals surface area (Å²) in [5, 5.41) is 8.66. The molecule has 1 aromatic carbocycles. The summed E-state index contributed by atoms with van der Waals surface area (Å²) >= 11 is 0. The minimum atomic E-state index is -1.06. The number of aliphatic carboxylic acids is 1. The van der Waals surface area contributed by atoms with Gasteiger partial charge in [-0.15, -0.1) is 0 Å². The van der Waals surface area contributed by atoms with Crippen molar-refractivity contribution in [3.05, 3.63) is 35.7 Å². The third kappa shape index (κ3) is 5.01. The van der Waals surface area contributed by atoms with Gasteiger partial charge in [-0.1, -0.05) is 12.1 Å². The highest BCUT2D eigenvalue weighted by atomic mass is 19.1. The van der Waals surface area contributed by atoms with Crippen molar-refractivity contribution in [1.29, 1.82) is 0 Å². The van der Waals surface area contributed by atoms with Crippen molar-refractivity contribution in [3.63, 3.8) is 0 Å². The standard InChI is InChI=1S/C15H20FNO3/c1-11(2)20-10-9-17(3)15-12(7-8-14(18)19)5-4-6-13(15)16/h4-8,11H,9-10H2,1-3H3,(H,18,19)/b8-7+. The molecular formula is C15H20FNO3. The Morgan fingerprint density at radius 3 is 2.80 bits per heavy atom. The maximum Gasteiger partial charge on any atom is 0.328 e. The first-order valence-electron chi connectivity index (χ1n) is 6.44. The van der Waals surface area contributed by atoms with Crippen molar-refractivity contribution in [3.8, 4) is 0 Å². The number of anilines is 1. The largest absolute Gasteiger partial charge is 0.478 e. The van der Waals surface area contributed by atoms with E-state index in [0.29, 0.717) is 24.4 Å². The van der Waals surface area contributed by atoms with Crippen LogP contribution in [0.15, 0.2) is 24.3 Å². The van der Waals surface area contributed by atoms with Gasteiger partial charge in [0.25, 0.3) is 0 Å². The first kappa shape index (κ1) is 16.2. The van der Waals surface area contributed by atoms with Crippen LogP contribution in [0.1, 0.15) is 19.4 Å². The normalized spacial score (nSPS) is 11.2. The van der Waals surface area contributed by atoms with Crippen molar-refractivity contribution in [1.82, 2.24) is 0 Å². The molecule has 0 bridgehead atoms. The second-order valence-corrected chi connectivity index (χ2v) is 4.69. The lowest BCUT2D eigenvalue weighted by Crippen LogP contribution is -2.25. The third-order valence-electron chi connectivity index (χ3n) is 2.68. The number of nitrogens with zero attached hydrogens (tertiary/aromatic N) is 1. The minimum absolute atomic E-state index is 0.121. The zero-order valence-electron chi connectivity index (χ0n) is 12.0. The Kier molecular flexibility index (Phi) is 6.18. The lowest BCUT2D eigenvalue weighted by atomic mass is 10.1. The highest BCUT2D eigenvalue weighted by molar-refractivity contribution is 5.87. The quantitative estimate of drug-likeness (QED) is 0.781. The number of halogens is 1. The van der Waals surface area contributed by atoms with Crippen LogP contribution in [0, 0.1) is 5.82 Å². The maximum atomic E-state index is 13.9. The van der Waals surface area contributed by atoms with Gasteiger partial charge in [-0.25, -0.2) is 9.18 Å². The molecular weight excluding hydrogens is 261 g/mol. The van der Waals surface area contributed by atoms with E-state index in [4.69, 9.17) is 9.84 Å². The van der Waals surface area contributed by atoms with Crippen LogP contribution in [0.2, 0.25) is 0 Å². The van der Waals surface area contributed by atoms with Gasteiger partial charge in [-0.2, -0.15) is 0 Å². The number of benzene rings is 1. The van der Waals surface area contributed by atoms with Crippen molar-refractivity contribution in [2.45, 2.75) is 20.0 Å². The van der Waals surface area contributed by atoms with E-state index >= 15 is 0 Å². The summed E-state index contributed by atoms with van der Waals surface area (Å²) < 4.78 is 19.4. The molecule has 0 aliphatic rings. The molecule has 0 amide bonds. The SMILES string of the molecule is CC(C)OCCN(C)c1c(F)cccc1/C=C/C(=O)O. The molecule has 0 unspecified atom stereocenters. The van der Waals surface area contributed by atoms with Gasteiger partial charge in [0, 0.05) is 25.2 Å². The fraction of sp³-hybridized carbons (Fsp3) is 0.400. The Labute approximate surface area is 118 Å². The van der Waals surface area contributed by atoms with Gasteiger partial charge in [0.2, 0.25) is 0 Å². The number of rotatable bonds is 7. The molecule has 5 heteroatoms. The molecule has 0 aliphatic heterocycles. The van der Waals surface area contributed by atoms with Gasteiger partial charge in [0.1, 0.15) is 5.82 Å². The Balaban J connectivity index is 2.88. The van der Waals surface area contributed by atoms with E-state index in [1.807, 2.05) is 13.8 Å². The molecule has 0 heterocycles. The van der Waals surface area contributed by atoms with Gasteiger partial charge < -0.3 is 14.7 Å². The van der Waals surface area contributed by atoms with E-state index in [0.717, 1.165) is 6.08 Å². The van der Waals surface area contributed by atoms with Crippen molar-refractivity contribution in [2.75, 3.05) is 25.1 Å². The average Bonchev–Trinajstić information content (AvgIpc) is 2.35. The highest BCUT2D eigenvalue weighted by Crippen LogP contribution is 2.24. The maximum absolute atomic E-state index is 13.9. The molecule has 0 aliphatic carbocycles. The van der Waals surface area contributed by atoms with E-state index in [9.17, 15) is 9.18 Å². The number of para-hydroxylation sites is 1. The van der Waals surface area contributed by atoms with Crippen molar-refractivity contribution in [2.24, 2.45) is 0 Å². The Bertz CT molecular complexity index is 486. The van der Waals surface area contributed by atoms with Gasteiger partial charge >= 0.3 is 5.97 Å². The minimum Gasteiger partial charge on any atom is -0.478 e. The number of carbonyl (C=O) groups is 1. The summed E-state index contributed by atoms with van der Waals surface area (Å²) in [6.45, 7) is 4.87. The van der Waals surface area contributed by atoms with Gasteiger partial charge in [-0.05, 0) is 26.0 Å². The molecule has 1 rings (SSSR count). The number of carboxylic acids is 1. The molecule has 1 aromatic rings. The number of likely N-dealkylation sites (N-methyl/N-ethyl adjacent to an activating group) is 1. The number of carboxylic acid groups (broad SMARTS) is 1. The summed E-state index contributed by atoms with van der Waals surface area (Å²) in [6, 6.07) is 4.59. The predicted molar refractivity (Wildman–Crippen MR) is 77.4 cm³/mol. The smallest absolute Gasteiger partial charge is 0.328 e. The number of hydrogen-bond acceptors (Lipinski definition) is 3. The second kappa shape index (κ2) is 7.65. The summed E-state index contributed by atoms with van der Waals surface area (Å²) in [6.07, 6.45) is 2.51. The lowest BCUT2D eigenvalue weighted by molar-refractivity contribution is -0.131. The number of ether oxygens (including phenoxy) is 1. The first-order chi connectivity index (χ1) is 9.41. The van der Waals surface area contributed by atoms with E-state index in [2.05, 4.69) is 0 Å². The van der Waals surface area contributed by atoms with Gasteiger partial charge in [-0.3, -0.25) is 0 Å². The van der Waals surface area contributed by atoms with Crippen LogP contribution in [0.3, 0.4) is 0 Å². The van der Waals surface area contributed by atoms with Crippen LogP contribution in [-0.2, 0) is 9.53 Å². The van der Waals surface area contributed by atoms with Crippen molar-refractivity contribution < 1.29 is 19.0 Å². The third-order valence-corrected chi connectivity index (χ3v) is 2.68. The van der Waals surface area contributed by atoms with Crippen LogP contribution >= 0.6 is 0 Å². The van der Waals surface area contributed by atoms with Gasteiger partial charge in [0.05, 0.1) is 18.4 Å². The summed E-state index contributed by atoms with van der Waals surface area (Å²) in [7, 11) is 1.75. The molecule has 0 spiro atoms. The van der Waals surface area contributed by atoms with E-state index < -0.39 is 5.97 Å². The van der Waals surface area contributed by atoms with E-state index in [-0.39, 0.29) is 11.9 Å². The van der Waals surface area contributed by atoms with Crippen molar-refractivity contribution >= 4 is 17.7 Å². The molecule has 0 fully saturated rings. The molecule has 20 heavy (non-hydrogen) atoms. The average molecular weight is 281 g/mol. The molecule has 0 saturated carbocycles. The van der Waals surface area contributed by atoms with E-state index in [1.54, 1.807) is 24.1 Å². The molecule has 110 valence electrons. The number of hydrogen-bond donors (Lipinski definition) is 1. The van der Waals surface area contributed by atoms with Crippen LogP contribution < -0.4 is 4.90 Å². The zero-order chi connectivity index (χ0) is 15.1. The Hall–Kier alpha value is -1.88. The predicted octanol–water partition coefficient (Wildman–Crippen LogP) is 2.78. The van der Waals surface area contributed by atoms with Crippen LogP contribution in [0.25, 0.3) is 6.08 Å².